The van der Waals surface area contributed by atoms with Crippen LogP contribution in [0.25, 0.3) is 5.65 Å². The van der Waals surface area contributed by atoms with Gasteiger partial charge in [0.05, 0.1) is 17.5 Å². The van der Waals surface area contributed by atoms with Gasteiger partial charge in [-0.15, -0.1) is 0 Å². The van der Waals surface area contributed by atoms with Gasteiger partial charge in [0.1, 0.15) is 5.65 Å². The predicted molar refractivity (Wildman–Crippen MR) is 62.0 cm³/mol. The second kappa shape index (κ2) is 3.85. The number of carboxylic acids is 1. The molecule has 0 aromatic carbocycles. The van der Waals surface area contributed by atoms with Crippen molar-refractivity contribution in [3.05, 3.63) is 35.8 Å². The molecule has 1 fully saturated rings. The maximum absolute atomic E-state index is 10.8. The number of aromatic carboxylic acids is 1. The SMILES string of the molecule is O=C(O)c1ccn2c(CNC3CC3)cnc2c1. The molecule has 0 unspecified atom stereocenters. The van der Waals surface area contributed by atoms with E-state index >= 15 is 0 Å². The number of fused-ring (bicyclic) bond motifs is 1. The lowest BCUT2D eigenvalue weighted by Gasteiger charge is -2.03. The average molecular weight is 231 g/mol. The van der Waals surface area contributed by atoms with Crippen molar-refractivity contribution < 1.29 is 9.90 Å². The van der Waals surface area contributed by atoms with Gasteiger partial charge >= 0.3 is 5.97 Å². The zero-order valence-corrected chi connectivity index (χ0v) is 9.26. The summed E-state index contributed by atoms with van der Waals surface area (Å²) < 4.78 is 1.92. The van der Waals surface area contributed by atoms with Crippen LogP contribution in [0.3, 0.4) is 0 Å². The number of nitrogens with zero attached hydrogens (tertiary/aromatic N) is 2. The number of hydrogen-bond acceptors (Lipinski definition) is 3. The Morgan fingerprint density at radius 3 is 3.12 bits per heavy atom. The normalized spacial score (nSPS) is 15.3. The smallest absolute Gasteiger partial charge is 0.335 e. The van der Waals surface area contributed by atoms with Crippen LogP contribution in [0.15, 0.2) is 24.5 Å². The van der Waals surface area contributed by atoms with E-state index in [9.17, 15) is 4.79 Å². The first-order valence-corrected chi connectivity index (χ1v) is 5.67. The summed E-state index contributed by atoms with van der Waals surface area (Å²) in [6.07, 6.45) is 6.05. The molecule has 0 aliphatic heterocycles. The zero-order valence-electron chi connectivity index (χ0n) is 9.26. The Labute approximate surface area is 98.1 Å². The molecular weight excluding hydrogens is 218 g/mol. The van der Waals surface area contributed by atoms with Gasteiger partial charge in [-0.2, -0.15) is 0 Å². The van der Waals surface area contributed by atoms with E-state index in [1.54, 1.807) is 24.5 Å². The maximum Gasteiger partial charge on any atom is 0.335 e. The number of imidazole rings is 1. The van der Waals surface area contributed by atoms with Gasteiger partial charge < -0.3 is 14.8 Å². The van der Waals surface area contributed by atoms with Gasteiger partial charge in [0, 0.05) is 18.8 Å². The van der Waals surface area contributed by atoms with E-state index in [1.807, 2.05) is 4.40 Å². The van der Waals surface area contributed by atoms with Crippen LogP contribution in [-0.4, -0.2) is 26.5 Å². The van der Waals surface area contributed by atoms with Crippen LogP contribution < -0.4 is 5.32 Å². The summed E-state index contributed by atoms with van der Waals surface area (Å²) in [6.45, 7) is 0.776. The maximum atomic E-state index is 10.8. The zero-order chi connectivity index (χ0) is 11.8. The van der Waals surface area contributed by atoms with Crippen LogP contribution in [0.5, 0.6) is 0 Å². The molecule has 88 valence electrons. The highest BCUT2D eigenvalue weighted by molar-refractivity contribution is 5.88. The van der Waals surface area contributed by atoms with Gasteiger partial charge in [0.15, 0.2) is 0 Å². The third kappa shape index (κ3) is 2.01. The fourth-order valence-corrected chi connectivity index (χ4v) is 1.83. The largest absolute Gasteiger partial charge is 0.478 e. The Kier molecular flexibility index (Phi) is 2.33. The molecule has 0 saturated heterocycles. The molecule has 0 radical (unpaired) electrons. The van der Waals surface area contributed by atoms with Crippen molar-refractivity contribution in [1.29, 1.82) is 0 Å². The first-order chi connectivity index (χ1) is 8.24. The van der Waals surface area contributed by atoms with E-state index in [4.69, 9.17) is 5.11 Å². The molecule has 5 nitrogen and oxygen atoms in total. The fourth-order valence-electron chi connectivity index (χ4n) is 1.83. The number of carboxylic acid groups (broad SMARTS) is 1. The minimum Gasteiger partial charge on any atom is -0.478 e. The summed E-state index contributed by atoms with van der Waals surface area (Å²) in [5.74, 6) is -0.923. The lowest BCUT2D eigenvalue weighted by molar-refractivity contribution is 0.0697. The van der Waals surface area contributed by atoms with E-state index in [0.29, 0.717) is 11.7 Å². The first-order valence-electron chi connectivity index (χ1n) is 5.67. The number of nitrogens with one attached hydrogen (secondary N) is 1. The summed E-state index contributed by atoms with van der Waals surface area (Å²) in [5.41, 5.74) is 2.01. The van der Waals surface area contributed by atoms with Crippen molar-refractivity contribution in [2.45, 2.75) is 25.4 Å². The molecule has 5 heteroatoms. The van der Waals surface area contributed by atoms with Gasteiger partial charge in [-0.25, -0.2) is 9.78 Å². The molecule has 0 atom stereocenters. The molecule has 1 saturated carbocycles. The van der Waals surface area contributed by atoms with Gasteiger partial charge in [-0.05, 0) is 25.0 Å². The molecule has 1 aliphatic rings. The molecule has 0 amide bonds. The quantitative estimate of drug-likeness (QED) is 0.832. The molecule has 3 rings (SSSR count). The van der Waals surface area contributed by atoms with Crippen molar-refractivity contribution in [2.24, 2.45) is 0 Å². The molecule has 2 aromatic heterocycles. The van der Waals surface area contributed by atoms with Gasteiger partial charge in [0.2, 0.25) is 0 Å². The molecule has 17 heavy (non-hydrogen) atoms. The van der Waals surface area contributed by atoms with E-state index < -0.39 is 5.97 Å². The van der Waals surface area contributed by atoms with E-state index in [-0.39, 0.29) is 5.56 Å². The van der Waals surface area contributed by atoms with Crippen LogP contribution in [0.1, 0.15) is 28.9 Å². The van der Waals surface area contributed by atoms with Gasteiger partial charge in [0.25, 0.3) is 0 Å². The highest BCUT2D eigenvalue weighted by atomic mass is 16.4. The lowest BCUT2D eigenvalue weighted by Crippen LogP contribution is -2.16. The fraction of sp³-hybridized carbons (Fsp3) is 0.333. The number of hydrogen-bond donors (Lipinski definition) is 2. The number of carbonyl (C=O) groups is 1. The van der Waals surface area contributed by atoms with Gasteiger partial charge in [-0.1, -0.05) is 0 Å². The Balaban J connectivity index is 1.89. The van der Waals surface area contributed by atoms with Crippen LogP contribution in [0.4, 0.5) is 0 Å². The predicted octanol–water partition coefficient (Wildman–Crippen LogP) is 1.28. The van der Waals surface area contributed by atoms with E-state index in [2.05, 4.69) is 10.3 Å². The van der Waals surface area contributed by atoms with Crippen molar-refractivity contribution >= 4 is 11.6 Å². The summed E-state index contributed by atoms with van der Waals surface area (Å²) in [7, 11) is 0. The highest BCUT2D eigenvalue weighted by Gasteiger charge is 2.20. The molecule has 2 aromatic rings. The molecule has 2 N–H and O–H groups in total. The summed E-state index contributed by atoms with van der Waals surface area (Å²) in [4.78, 5) is 15.0. The molecular formula is C12H13N3O2. The molecule has 0 bridgehead atoms. The second-order valence-electron chi connectivity index (χ2n) is 4.35. The Morgan fingerprint density at radius 1 is 1.59 bits per heavy atom. The second-order valence-corrected chi connectivity index (χ2v) is 4.35. The highest BCUT2D eigenvalue weighted by Crippen LogP contribution is 2.19. The first kappa shape index (κ1) is 10.3. The molecule has 2 heterocycles. The van der Waals surface area contributed by atoms with Crippen molar-refractivity contribution in [2.75, 3.05) is 0 Å². The molecule has 1 aliphatic carbocycles. The third-order valence-corrected chi connectivity index (χ3v) is 2.99. The van der Waals surface area contributed by atoms with Crippen LogP contribution in [0.2, 0.25) is 0 Å². The Hall–Kier alpha value is -1.88. The summed E-state index contributed by atoms with van der Waals surface area (Å²) in [5, 5.41) is 12.3. The monoisotopic (exact) mass is 231 g/mol. The van der Waals surface area contributed by atoms with Crippen molar-refractivity contribution in [1.82, 2.24) is 14.7 Å². The van der Waals surface area contributed by atoms with Crippen LogP contribution >= 0.6 is 0 Å². The topological polar surface area (TPSA) is 66.6 Å². The lowest BCUT2D eigenvalue weighted by atomic mass is 10.3. The minimum absolute atomic E-state index is 0.268. The number of pyridine rings is 1. The third-order valence-electron chi connectivity index (χ3n) is 2.99. The van der Waals surface area contributed by atoms with Crippen molar-refractivity contribution in [3.63, 3.8) is 0 Å². The van der Waals surface area contributed by atoms with Crippen LogP contribution in [0, 0.1) is 0 Å². The number of aromatic nitrogens is 2. The summed E-state index contributed by atoms with van der Waals surface area (Å²) in [6, 6.07) is 3.83. The molecule has 0 spiro atoms. The van der Waals surface area contributed by atoms with E-state index in [1.165, 1.54) is 12.8 Å². The summed E-state index contributed by atoms with van der Waals surface area (Å²) >= 11 is 0. The Morgan fingerprint density at radius 2 is 2.41 bits per heavy atom. The Bertz CT molecular complexity index is 572. The van der Waals surface area contributed by atoms with Crippen molar-refractivity contribution in [3.8, 4) is 0 Å². The number of rotatable bonds is 4. The minimum atomic E-state index is -0.923. The standard InChI is InChI=1S/C12H13N3O2/c16-12(17)8-3-4-15-10(6-13-9-1-2-9)7-14-11(15)5-8/h3-5,7,9,13H,1-2,6H2,(H,16,17). The van der Waals surface area contributed by atoms with Gasteiger partial charge in [-0.3, -0.25) is 0 Å². The average Bonchev–Trinajstić information content (AvgIpc) is 3.06. The van der Waals surface area contributed by atoms with Crippen LogP contribution in [-0.2, 0) is 6.54 Å². The van der Waals surface area contributed by atoms with E-state index in [0.717, 1.165) is 12.2 Å².